The van der Waals surface area contributed by atoms with Gasteiger partial charge in [-0.05, 0) is 42.9 Å². The van der Waals surface area contributed by atoms with E-state index in [0.717, 1.165) is 15.7 Å². The maximum absolute atomic E-state index is 6.22. The van der Waals surface area contributed by atoms with Crippen molar-refractivity contribution in [3.8, 4) is 0 Å². The predicted molar refractivity (Wildman–Crippen MR) is 100 cm³/mol. The van der Waals surface area contributed by atoms with Crippen LogP contribution in [0.15, 0.2) is 27.7 Å². The molecule has 0 saturated heterocycles. The highest BCUT2D eigenvalue weighted by Crippen LogP contribution is 2.38. The van der Waals surface area contributed by atoms with Crippen molar-refractivity contribution >= 4 is 54.7 Å². The monoisotopic (exact) mass is 373 g/mol. The van der Waals surface area contributed by atoms with Gasteiger partial charge in [-0.15, -0.1) is 0 Å². The summed E-state index contributed by atoms with van der Waals surface area (Å²) >= 11 is 7.39. The topological polar surface area (TPSA) is 21.6 Å². The molecule has 1 aromatic carbocycles. The first-order chi connectivity index (χ1) is 9.19. The average molecular weight is 374 g/mol. The molecular weight excluding hydrogens is 350 g/mol. The van der Waals surface area contributed by atoms with Crippen LogP contribution in [0.25, 0.3) is 0 Å². The molecule has 0 heterocycles. The predicted octanol–water partition coefficient (Wildman–Crippen LogP) is 5.92. The molecule has 0 aliphatic rings. The first-order valence-electron chi connectivity index (χ1n) is 6.36. The number of rotatable bonds is 4. The summed E-state index contributed by atoms with van der Waals surface area (Å²) in [5, 5.41) is 0.218. The van der Waals surface area contributed by atoms with Gasteiger partial charge in [0.1, 0.15) is 0 Å². The molecule has 20 heavy (non-hydrogen) atoms. The van der Waals surface area contributed by atoms with Crippen LogP contribution in [0.4, 0.5) is 5.69 Å². The Morgan fingerprint density at radius 1 is 1.30 bits per heavy atom. The van der Waals surface area contributed by atoms with Crippen molar-refractivity contribution in [1.29, 1.82) is 0 Å². The zero-order valence-electron chi connectivity index (χ0n) is 13.0. The molecule has 0 bridgehead atoms. The zero-order chi connectivity index (χ0) is 16.0. The van der Waals surface area contributed by atoms with E-state index in [2.05, 4.69) is 79.6 Å². The number of hydrogen-bond donors (Lipinski definition) is 0. The first-order valence-corrected chi connectivity index (χ1v) is 10.6. The van der Waals surface area contributed by atoms with Crippen LogP contribution in [0.5, 0.6) is 0 Å². The number of thiocarbonyl (C=S) groups is 1. The van der Waals surface area contributed by atoms with Gasteiger partial charge in [-0.1, -0.05) is 55.0 Å². The summed E-state index contributed by atoms with van der Waals surface area (Å²) in [5.74, 6) is 2.83. The van der Waals surface area contributed by atoms with Gasteiger partial charge in [-0.25, -0.2) is 0 Å². The van der Waals surface area contributed by atoms with Gasteiger partial charge in [-0.3, -0.25) is 4.99 Å². The van der Waals surface area contributed by atoms with Crippen LogP contribution in [0, 0.1) is 0 Å². The second kappa shape index (κ2) is 8.17. The largest absolute Gasteiger partial charge is 0.412 e. The van der Waals surface area contributed by atoms with Crippen molar-refractivity contribution in [3.05, 3.63) is 28.2 Å². The second-order valence-electron chi connectivity index (χ2n) is 5.94. The van der Waals surface area contributed by atoms with Gasteiger partial charge < -0.3 is 4.43 Å². The zero-order valence-corrected chi connectivity index (χ0v) is 16.4. The summed E-state index contributed by atoms with van der Waals surface area (Å²) in [6.45, 7) is 15.4. The molecule has 5 heteroatoms. The minimum atomic E-state index is -1.73. The number of benzene rings is 1. The lowest BCUT2D eigenvalue weighted by atomic mass is 10.2. The Labute approximate surface area is 137 Å². The van der Waals surface area contributed by atoms with Crippen LogP contribution in [-0.2, 0) is 11.0 Å². The number of aliphatic imine (C=N–C) groups is 1. The van der Waals surface area contributed by atoms with Gasteiger partial charge in [0.15, 0.2) is 8.32 Å². The summed E-state index contributed by atoms with van der Waals surface area (Å²) < 4.78 is 7.26. The Morgan fingerprint density at radius 2 is 1.85 bits per heavy atom. The van der Waals surface area contributed by atoms with Crippen LogP contribution >= 0.6 is 28.1 Å². The van der Waals surface area contributed by atoms with Gasteiger partial charge in [0.2, 0.25) is 0 Å². The van der Waals surface area contributed by atoms with Gasteiger partial charge in [0.25, 0.3) is 0 Å². The maximum Gasteiger partial charge on any atom is 0.192 e. The molecule has 0 fully saturated rings. The molecule has 1 rings (SSSR count). The normalized spacial score (nSPS) is 11.5. The Kier molecular flexibility index (Phi) is 8.02. The summed E-state index contributed by atoms with van der Waals surface area (Å²) in [7, 11) is -1.73. The van der Waals surface area contributed by atoms with Crippen molar-refractivity contribution < 1.29 is 4.43 Å². The molecule has 0 aromatic heterocycles. The fraction of sp³-hybridized carbons (Fsp3) is 0.467. The first kappa shape index (κ1) is 19.6. The molecule has 0 radical (unpaired) electrons. The number of nitrogens with zero attached hydrogens (tertiary/aromatic N) is 1. The quantitative estimate of drug-likeness (QED) is 0.371. The highest BCUT2D eigenvalue weighted by molar-refractivity contribution is 9.10. The minimum absolute atomic E-state index is 0.218. The molecule has 0 aliphatic heterocycles. The van der Waals surface area contributed by atoms with E-state index >= 15 is 0 Å². The molecule has 0 atom stereocenters. The summed E-state index contributed by atoms with van der Waals surface area (Å²) in [5.41, 5.74) is 1.97. The molecule has 0 aliphatic carbocycles. The fourth-order valence-corrected chi connectivity index (χ4v) is 2.72. The van der Waals surface area contributed by atoms with Crippen molar-refractivity contribution in [2.75, 3.05) is 0 Å². The molecule has 0 saturated carbocycles. The Hall–Kier alpha value is -0.363. The Bertz CT molecular complexity index is 458. The van der Waals surface area contributed by atoms with E-state index in [9.17, 15) is 0 Å². The third-order valence-electron chi connectivity index (χ3n) is 3.65. The fourth-order valence-electron chi connectivity index (χ4n) is 1.31. The summed E-state index contributed by atoms with van der Waals surface area (Å²) in [6, 6.07) is 5.94. The van der Waals surface area contributed by atoms with E-state index in [4.69, 9.17) is 4.43 Å². The third kappa shape index (κ3) is 5.20. The highest BCUT2D eigenvalue weighted by atomic mass is 79.9. The minimum Gasteiger partial charge on any atom is -0.412 e. The molecule has 2 nitrogen and oxygen atoms in total. The van der Waals surface area contributed by atoms with Crippen molar-refractivity contribution in [3.63, 3.8) is 0 Å². The van der Waals surface area contributed by atoms with Crippen LogP contribution < -0.4 is 0 Å². The standard InChI is InChI=1S/C14H22BrNOSi.CH2S/c1-14(2,3)18(5,6)17-10-11-12(15)8-7-9-13(11)16-4;1-2/h7-9H,4,10H2,1-3,5-6H3;1H2. The lowest BCUT2D eigenvalue weighted by Crippen LogP contribution is -2.40. The van der Waals surface area contributed by atoms with E-state index in [0.29, 0.717) is 6.61 Å². The molecule has 0 amide bonds. The van der Waals surface area contributed by atoms with E-state index in [1.54, 1.807) is 0 Å². The van der Waals surface area contributed by atoms with Crippen LogP contribution in [-0.4, -0.2) is 20.9 Å². The van der Waals surface area contributed by atoms with Crippen molar-refractivity contribution in [2.45, 2.75) is 45.5 Å². The number of halogens is 1. The number of hydrogen-bond acceptors (Lipinski definition) is 3. The van der Waals surface area contributed by atoms with Crippen molar-refractivity contribution in [2.24, 2.45) is 4.99 Å². The Balaban J connectivity index is 0.00000172. The lowest BCUT2D eigenvalue weighted by Gasteiger charge is -2.36. The highest BCUT2D eigenvalue weighted by Gasteiger charge is 2.37. The van der Waals surface area contributed by atoms with Crippen LogP contribution in [0.1, 0.15) is 26.3 Å². The van der Waals surface area contributed by atoms with Gasteiger partial charge in [0, 0.05) is 10.0 Å². The van der Waals surface area contributed by atoms with E-state index in [-0.39, 0.29) is 5.04 Å². The molecule has 112 valence electrons. The van der Waals surface area contributed by atoms with Gasteiger partial charge >= 0.3 is 0 Å². The van der Waals surface area contributed by atoms with Gasteiger partial charge in [-0.2, -0.15) is 0 Å². The van der Waals surface area contributed by atoms with E-state index < -0.39 is 8.32 Å². The summed E-state index contributed by atoms with van der Waals surface area (Å²) in [6.07, 6.45) is 0. The maximum atomic E-state index is 6.22. The molecular formula is C15H24BrNOSSi. The SMILES string of the molecule is C=Nc1cccc(Br)c1CO[Si](C)(C)C(C)(C)C.C=S. The second-order valence-corrected chi connectivity index (χ2v) is 11.6. The third-order valence-corrected chi connectivity index (χ3v) is 8.87. The van der Waals surface area contributed by atoms with Crippen LogP contribution in [0.3, 0.4) is 0 Å². The average Bonchev–Trinajstić information content (AvgIpc) is 2.38. The van der Waals surface area contributed by atoms with E-state index in [1.807, 2.05) is 18.2 Å². The van der Waals surface area contributed by atoms with Crippen LogP contribution in [0.2, 0.25) is 18.1 Å². The van der Waals surface area contributed by atoms with Gasteiger partial charge in [0.05, 0.1) is 12.3 Å². The molecule has 0 unspecified atom stereocenters. The van der Waals surface area contributed by atoms with E-state index in [1.165, 1.54) is 0 Å². The van der Waals surface area contributed by atoms with Crippen molar-refractivity contribution in [1.82, 2.24) is 0 Å². The summed E-state index contributed by atoms with van der Waals surface area (Å²) in [4.78, 5) is 4.05. The Morgan fingerprint density at radius 3 is 2.30 bits per heavy atom. The smallest absolute Gasteiger partial charge is 0.192 e. The molecule has 0 N–H and O–H groups in total. The lowest BCUT2D eigenvalue weighted by molar-refractivity contribution is 0.276. The molecule has 1 aromatic rings. The molecule has 0 spiro atoms.